The van der Waals surface area contributed by atoms with Crippen LogP contribution in [0.1, 0.15) is 5.56 Å². The summed E-state index contributed by atoms with van der Waals surface area (Å²) in [5.74, 6) is -0.150. The SMILES string of the molecule is COCC(O)CN(C)CC(=O)Nc1cccc(Cl)c1C. The zero-order chi connectivity index (χ0) is 15.1. The Bertz CT molecular complexity index is 454. The van der Waals surface area contributed by atoms with Gasteiger partial charge in [0.2, 0.25) is 5.91 Å². The lowest BCUT2D eigenvalue weighted by atomic mass is 10.2. The number of anilines is 1. The molecule has 0 aliphatic heterocycles. The third-order valence-electron chi connectivity index (χ3n) is 2.84. The Kier molecular flexibility index (Phi) is 6.95. The van der Waals surface area contributed by atoms with Crippen molar-refractivity contribution in [3.8, 4) is 0 Å². The van der Waals surface area contributed by atoms with Gasteiger partial charge < -0.3 is 15.2 Å². The lowest BCUT2D eigenvalue weighted by Crippen LogP contribution is -2.37. The molecule has 1 aromatic carbocycles. The van der Waals surface area contributed by atoms with Gasteiger partial charge in [-0.15, -0.1) is 0 Å². The molecule has 1 amide bonds. The van der Waals surface area contributed by atoms with Crippen molar-refractivity contribution in [2.45, 2.75) is 13.0 Å². The minimum absolute atomic E-state index is 0.150. The van der Waals surface area contributed by atoms with Crippen molar-refractivity contribution in [1.82, 2.24) is 4.90 Å². The topological polar surface area (TPSA) is 61.8 Å². The summed E-state index contributed by atoms with van der Waals surface area (Å²) in [6.07, 6.45) is -0.606. The first kappa shape index (κ1) is 16.9. The van der Waals surface area contributed by atoms with Gasteiger partial charge in [0.1, 0.15) is 0 Å². The number of carbonyl (C=O) groups is 1. The maximum absolute atomic E-state index is 11.9. The summed E-state index contributed by atoms with van der Waals surface area (Å²) in [6, 6.07) is 5.37. The molecular formula is C14H21ClN2O3. The lowest BCUT2D eigenvalue weighted by molar-refractivity contribution is -0.117. The Morgan fingerprint density at radius 2 is 2.25 bits per heavy atom. The first-order valence-electron chi connectivity index (χ1n) is 6.34. The number of aliphatic hydroxyl groups excluding tert-OH is 1. The van der Waals surface area contributed by atoms with E-state index < -0.39 is 6.10 Å². The summed E-state index contributed by atoms with van der Waals surface area (Å²) in [5, 5.41) is 13.0. The molecule has 6 heteroatoms. The van der Waals surface area contributed by atoms with Crippen LogP contribution in [0, 0.1) is 6.92 Å². The molecule has 1 atom stereocenters. The number of hydrogen-bond acceptors (Lipinski definition) is 4. The quantitative estimate of drug-likeness (QED) is 0.801. The Morgan fingerprint density at radius 3 is 2.90 bits per heavy atom. The molecule has 0 aliphatic carbocycles. The average Bonchev–Trinajstić information content (AvgIpc) is 2.34. The summed E-state index contributed by atoms with van der Waals surface area (Å²) in [4.78, 5) is 13.7. The molecule has 0 heterocycles. The number of halogens is 1. The Hall–Kier alpha value is -1.14. The van der Waals surface area contributed by atoms with Gasteiger partial charge in [-0.25, -0.2) is 0 Å². The van der Waals surface area contributed by atoms with E-state index in [0.29, 0.717) is 17.3 Å². The predicted octanol–water partition coefficient (Wildman–Crippen LogP) is 1.53. The fourth-order valence-corrected chi connectivity index (χ4v) is 2.02. The largest absolute Gasteiger partial charge is 0.389 e. The second kappa shape index (κ2) is 8.21. The van der Waals surface area contributed by atoms with E-state index in [1.165, 1.54) is 7.11 Å². The molecule has 2 N–H and O–H groups in total. The maximum Gasteiger partial charge on any atom is 0.238 e. The molecule has 0 aromatic heterocycles. The molecule has 0 saturated heterocycles. The van der Waals surface area contributed by atoms with Crippen molar-refractivity contribution in [3.63, 3.8) is 0 Å². The van der Waals surface area contributed by atoms with Crippen molar-refractivity contribution >= 4 is 23.2 Å². The van der Waals surface area contributed by atoms with Crippen LogP contribution in [0.5, 0.6) is 0 Å². The molecule has 0 saturated carbocycles. The van der Waals surface area contributed by atoms with Crippen LogP contribution in [0.25, 0.3) is 0 Å². The van der Waals surface area contributed by atoms with Gasteiger partial charge in [-0.3, -0.25) is 9.69 Å². The highest BCUT2D eigenvalue weighted by Gasteiger charge is 2.12. The number of hydrogen-bond donors (Lipinski definition) is 2. The van der Waals surface area contributed by atoms with Gasteiger partial charge in [0, 0.05) is 24.4 Å². The molecule has 0 bridgehead atoms. The van der Waals surface area contributed by atoms with E-state index in [-0.39, 0.29) is 19.1 Å². The van der Waals surface area contributed by atoms with E-state index in [1.54, 1.807) is 30.1 Å². The Balaban J connectivity index is 2.49. The molecule has 0 radical (unpaired) electrons. The van der Waals surface area contributed by atoms with Crippen LogP contribution in [0.4, 0.5) is 5.69 Å². The van der Waals surface area contributed by atoms with Gasteiger partial charge in [0.25, 0.3) is 0 Å². The van der Waals surface area contributed by atoms with E-state index in [2.05, 4.69) is 5.32 Å². The van der Waals surface area contributed by atoms with Crippen molar-refractivity contribution in [3.05, 3.63) is 28.8 Å². The third-order valence-corrected chi connectivity index (χ3v) is 3.25. The summed E-state index contributed by atoms with van der Waals surface area (Å²) < 4.78 is 4.84. The molecule has 5 nitrogen and oxygen atoms in total. The van der Waals surface area contributed by atoms with E-state index in [0.717, 1.165) is 5.56 Å². The number of rotatable bonds is 7. The second-order valence-corrected chi connectivity index (χ2v) is 5.17. The van der Waals surface area contributed by atoms with E-state index in [9.17, 15) is 9.90 Å². The molecule has 112 valence electrons. The average molecular weight is 301 g/mol. The van der Waals surface area contributed by atoms with Crippen molar-refractivity contribution in [2.24, 2.45) is 0 Å². The zero-order valence-electron chi connectivity index (χ0n) is 12.0. The van der Waals surface area contributed by atoms with Crippen LogP contribution in [0.15, 0.2) is 18.2 Å². The second-order valence-electron chi connectivity index (χ2n) is 4.77. The fourth-order valence-electron chi connectivity index (χ4n) is 1.85. The van der Waals surface area contributed by atoms with Gasteiger partial charge >= 0.3 is 0 Å². The first-order valence-corrected chi connectivity index (χ1v) is 6.72. The van der Waals surface area contributed by atoms with Gasteiger partial charge in [0.15, 0.2) is 0 Å². The number of methoxy groups -OCH3 is 1. The maximum atomic E-state index is 11.9. The monoisotopic (exact) mass is 300 g/mol. The number of ether oxygens (including phenoxy) is 1. The summed E-state index contributed by atoms with van der Waals surface area (Å²) in [7, 11) is 3.29. The van der Waals surface area contributed by atoms with Crippen LogP contribution in [-0.2, 0) is 9.53 Å². The van der Waals surface area contributed by atoms with Gasteiger partial charge in [-0.1, -0.05) is 17.7 Å². The third kappa shape index (κ3) is 5.46. The highest BCUT2D eigenvalue weighted by atomic mass is 35.5. The van der Waals surface area contributed by atoms with Crippen LogP contribution in [0.3, 0.4) is 0 Å². The van der Waals surface area contributed by atoms with E-state index >= 15 is 0 Å². The van der Waals surface area contributed by atoms with Crippen LogP contribution >= 0.6 is 11.6 Å². The van der Waals surface area contributed by atoms with Crippen molar-refractivity contribution in [2.75, 3.05) is 39.2 Å². The normalized spacial score (nSPS) is 12.5. The van der Waals surface area contributed by atoms with Crippen LogP contribution < -0.4 is 5.32 Å². The highest BCUT2D eigenvalue weighted by molar-refractivity contribution is 6.31. The molecule has 1 unspecified atom stereocenters. The van der Waals surface area contributed by atoms with Gasteiger partial charge in [0.05, 0.1) is 19.3 Å². The van der Waals surface area contributed by atoms with E-state index in [1.807, 2.05) is 6.92 Å². The standard InChI is InChI=1S/C14H21ClN2O3/c1-10-12(15)5-4-6-13(10)16-14(19)8-17(2)7-11(18)9-20-3/h4-6,11,18H,7-9H2,1-3H3,(H,16,19). The number of benzene rings is 1. The summed E-state index contributed by atoms with van der Waals surface area (Å²) >= 11 is 6.00. The highest BCUT2D eigenvalue weighted by Crippen LogP contribution is 2.22. The molecule has 0 fully saturated rings. The fraction of sp³-hybridized carbons (Fsp3) is 0.500. The van der Waals surface area contributed by atoms with Crippen molar-refractivity contribution in [1.29, 1.82) is 0 Å². The number of nitrogens with one attached hydrogen (secondary N) is 1. The molecule has 1 aromatic rings. The summed E-state index contributed by atoms with van der Waals surface area (Å²) in [5.41, 5.74) is 1.54. The minimum atomic E-state index is -0.606. The molecule has 0 spiro atoms. The number of aliphatic hydroxyl groups is 1. The number of amides is 1. The molecule has 20 heavy (non-hydrogen) atoms. The van der Waals surface area contributed by atoms with Crippen LogP contribution in [0.2, 0.25) is 5.02 Å². The van der Waals surface area contributed by atoms with Gasteiger partial charge in [-0.2, -0.15) is 0 Å². The summed E-state index contributed by atoms with van der Waals surface area (Å²) in [6.45, 7) is 2.66. The molecule has 1 rings (SSSR count). The number of carbonyl (C=O) groups excluding carboxylic acids is 1. The molecule has 0 aliphatic rings. The van der Waals surface area contributed by atoms with Crippen molar-refractivity contribution < 1.29 is 14.6 Å². The smallest absolute Gasteiger partial charge is 0.238 e. The first-order chi connectivity index (χ1) is 9.43. The zero-order valence-corrected chi connectivity index (χ0v) is 12.8. The number of nitrogens with zero attached hydrogens (tertiary/aromatic N) is 1. The number of likely N-dealkylation sites (N-methyl/N-ethyl adjacent to an activating group) is 1. The Morgan fingerprint density at radius 1 is 1.55 bits per heavy atom. The Labute approximate surface area is 124 Å². The molecular weight excluding hydrogens is 280 g/mol. The minimum Gasteiger partial charge on any atom is -0.389 e. The van der Waals surface area contributed by atoms with Crippen LogP contribution in [-0.4, -0.2) is 55.9 Å². The van der Waals surface area contributed by atoms with E-state index in [4.69, 9.17) is 16.3 Å². The van der Waals surface area contributed by atoms with Gasteiger partial charge in [-0.05, 0) is 31.7 Å². The lowest BCUT2D eigenvalue weighted by Gasteiger charge is -2.20. The predicted molar refractivity (Wildman–Crippen MR) is 80.2 cm³/mol.